The minimum atomic E-state index is -0.666. The SMILES string of the molecule is COc1cc(-c2nccc(-c3cccc(NC(=O)c4nc5c(n4C)CCN(CC46CC(C(=O)O)(C4)C6)C5)c3Cl)c2Cl)ccc1CNC[C@H]1CCC(=O)N1. The monoisotopic (exact) mass is 757 g/mol. The molecular formula is C39H41Cl2N7O5. The standard InChI is InChI=1S/C39H41Cl2N7O5/c1-47-29-11-13-48(21-38-18-39(19-38,20-38)37(51)52)17-28(29)45-35(47)36(50)46-27-5-3-4-25(32(27)40)26-10-12-43-34(33(26)41)22-6-7-23(30(14-22)53-2)15-42-16-24-8-9-31(49)44-24/h3-7,10,12,14,24,42H,8-9,11,13,15-21H2,1-2H3,(H,44,49)(H,46,50)(H,51,52)/t24-,38?,39?/m1/s1. The maximum Gasteiger partial charge on any atom is 0.309 e. The highest BCUT2D eigenvalue weighted by Crippen LogP contribution is 2.73. The van der Waals surface area contributed by atoms with E-state index in [9.17, 15) is 19.5 Å². The summed E-state index contributed by atoms with van der Waals surface area (Å²) in [5.74, 6) is 0.0428. The predicted octanol–water partition coefficient (Wildman–Crippen LogP) is 5.70. The van der Waals surface area contributed by atoms with Gasteiger partial charge < -0.3 is 30.4 Å². The molecule has 12 nitrogen and oxygen atoms in total. The van der Waals surface area contributed by atoms with Crippen molar-refractivity contribution in [1.29, 1.82) is 0 Å². The highest BCUT2D eigenvalue weighted by atomic mass is 35.5. The number of anilines is 1. The zero-order valence-corrected chi connectivity index (χ0v) is 31.1. The molecule has 0 spiro atoms. The number of nitrogens with zero attached hydrogens (tertiary/aromatic N) is 4. The van der Waals surface area contributed by atoms with Crippen molar-refractivity contribution in [2.45, 2.75) is 57.7 Å². The van der Waals surface area contributed by atoms with E-state index in [1.807, 2.05) is 41.9 Å². The number of imidazole rings is 1. The van der Waals surface area contributed by atoms with E-state index in [4.69, 9.17) is 32.9 Å². The molecule has 3 saturated carbocycles. The third-order valence-electron chi connectivity index (χ3n) is 11.5. The van der Waals surface area contributed by atoms with Gasteiger partial charge in [0.1, 0.15) is 5.75 Å². The molecule has 0 radical (unpaired) electrons. The van der Waals surface area contributed by atoms with Gasteiger partial charge in [0.15, 0.2) is 5.82 Å². The predicted molar refractivity (Wildman–Crippen MR) is 201 cm³/mol. The lowest BCUT2D eigenvalue weighted by molar-refractivity contribution is -0.228. The smallest absolute Gasteiger partial charge is 0.309 e. The average molecular weight is 759 g/mol. The van der Waals surface area contributed by atoms with E-state index >= 15 is 0 Å². The number of fused-ring (bicyclic) bond motifs is 1. The zero-order valence-electron chi connectivity index (χ0n) is 29.6. The molecule has 2 bridgehead atoms. The number of amides is 2. The second kappa shape index (κ2) is 13.7. The van der Waals surface area contributed by atoms with Gasteiger partial charge in [-0.25, -0.2) is 4.98 Å². The lowest BCUT2D eigenvalue weighted by Crippen LogP contribution is -2.68. The van der Waals surface area contributed by atoms with Gasteiger partial charge in [-0.2, -0.15) is 0 Å². The van der Waals surface area contributed by atoms with Gasteiger partial charge in [0, 0.05) is 92.8 Å². The first-order valence-electron chi connectivity index (χ1n) is 17.9. The molecule has 4 aromatic rings. The van der Waals surface area contributed by atoms with E-state index in [2.05, 4.69) is 25.8 Å². The second-order valence-corrected chi connectivity index (χ2v) is 15.8. The largest absolute Gasteiger partial charge is 0.496 e. The molecule has 276 valence electrons. The summed E-state index contributed by atoms with van der Waals surface area (Å²) in [5.41, 5.74) is 5.54. The number of methoxy groups -OCH3 is 1. The van der Waals surface area contributed by atoms with E-state index in [1.165, 1.54) is 0 Å². The summed E-state index contributed by atoms with van der Waals surface area (Å²) < 4.78 is 7.58. The van der Waals surface area contributed by atoms with Crippen molar-refractivity contribution >= 4 is 46.7 Å². The highest BCUT2D eigenvalue weighted by molar-refractivity contribution is 6.39. The number of carboxylic acids is 1. The molecule has 9 rings (SSSR count). The highest BCUT2D eigenvalue weighted by Gasteiger charge is 2.71. The fourth-order valence-electron chi connectivity index (χ4n) is 8.90. The number of benzene rings is 2. The number of carbonyl (C=O) groups is 3. The van der Waals surface area contributed by atoms with E-state index in [0.717, 1.165) is 67.7 Å². The Morgan fingerprint density at radius 3 is 2.62 bits per heavy atom. The van der Waals surface area contributed by atoms with Crippen molar-refractivity contribution in [2.75, 3.05) is 32.1 Å². The Labute approximate surface area is 317 Å². The van der Waals surface area contributed by atoms with Crippen LogP contribution in [-0.4, -0.2) is 75.1 Å². The lowest BCUT2D eigenvalue weighted by Gasteiger charge is -2.69. The second-order valence-electron chi connectivity index (χ2n) is 15.1. The van der Waals surface area contributed by atoms with Crippen LogP contribution in [0.1, 0.15) is 59.7 Å². The number of rotatable bonds is 12. The van der Waals surface area contributed by atoms with Crippen molar-refractivity contribution < 1.29 is 24.2 Å². The van der Waals surface area contributed by atoms with Crippen molar-refractivity contribution in [2.24, 2.45) is 17.9 Å². The first-order chi connectivity index (χ1) is 25.5. The molecule has 14 heteroatoms. The molecule has 2 aliphatic heterocycles. The Hall–Kier alpha value is -4.49. The molecule has 1 saturated heterocycles. The number of pyridine rings is 1. The van der Waals surface area contributed by atoms with Crippen molar-refractivity contribution in [3.05, 3.63) is 81.5 Å². The average Bonchev–Trinajstić information content (AvgIpc) is 3.68. The number of carbonyl (C=O) groups excluding carboxylic acids is 2. The Morgan fingerprint density at radius 1 is 1.09 bits per heavy atom. The molecule has 3 aliphatic carbocycles. The van der Waals surface area contributed by atoms with Crippen LogP contribution in [0.2, 0.25) is 10.0 Å². The molecule has 5 aliphatic rings. The van der Waals surface area contributed by atoms with Gasteiger partial charge >= 0.3 is 5.97 Å². The minimum absolute atomic E-state index is 0.0922. The van der Waals surface area contributed by atoms with E-state index < -0.39 is 11.4 Å². The van der Waals surface area contributed by atoms with Crippen LogP contribution in [0.3, 0.4) is 0 Å². The molecule has 4 N–H and O–H groups in total. The number of hydrogen-bond acceptors (Lipinski definition) is 8. The molecular weight excluding hydrogens is 717 g/mol. The Morgan fingerprint density at radius 2 is 1.89 bits per heavy atom. The number of nitrogens with one attached hydrogen (secondary N) is 3. The number of aliphatic carboxylic acids is 1. The summed E-state index contributed by atoms with van der Waals surface area (Å²) in [4.78, 5) is 48.5. The summed E-state index contributed by atoms with van der Waals surface area (Å²) in [6.07, 6.45) is 6.10. The molecule has 1 atom stereocenters. The Kier molecular flexibility index (Phi) is 9.21. The van der Waals surface area contributed by atoms with Crippen molar-refractivity contribution in [1.82, 2.24) is 30.1 Å². The van der Waals surface area contributed by atoms with Crippen LogP contribution in [0.15, 0.2) is 48.7 Å². The van der Waals surface area contributed by atoms with Crippen LogP contribution < -0.4 is 20.7 Å². The van der Waals surface area contributed by atoms with E-state index in [-0.39, 0.29) is 23.3 Å². The molecule has 0 unspecified atom stereocenters. The minimum Gasteiger partial charge on any atom is -0.496 e. The van der Waals surface area contributed by atoms with Crippen LogP contribution in [0, 0.1) is 10.8 Å². The molecule has 2 amide bonds. The number of aromatic nitrogens is 3. The third kappa shape index (κ3) is 6.45. The maximum atomic E-state index is 13.7. The third-order valence-corrected chi connectivity index (χ3v) is 12.3. The van der Waals surface area contributed by atoms with E-state index in [1.54, 1.807) is 25.4 Å². The molecule has 2 aromatic heterocycles. The lowest BCUT2D eigenvalue weighted by atomic mass is 9.35. The topological polar surface area (TPSA) is 151 Å². The van der Waals surface area contributed by atoms with Gasteiger partial charge in [-0.1, -0.05) is 47.5 Å². The van der Waals surface area contributed by atoms with Gasteiger partial charge in [-0.15, -0.1) is 0 Å². The number of hydrogen-bond donors (Lipinski definition) is 4. The molecule has 4 fully saturated rings. The molecule has 4 heterocycles. The quantitative estimate of drug-likeness (QED) is 0.143. The fraction of sp³-hybridized carbons (Fsp3) is 0.410. The first-order valence-corrected chi connectivity index (χ1v) is 18.7. The van der Waals surface area contributed by atoms with E-state index in [0.29, 0.717) is 70.2 Å². The zero-order chi connectivity index (χ0) is 37.1. The van der Waals surface area contributed by atoms with Gasteiger partial charge in [0.25, 0.3) is 5.91 Å². The van der Waals surface area contributed by atoms with Crippen LogP contribution >= 0.6 is 23.2 Å². The number of ether oxygens (including phenoxy) is 1. The van der Waals surface area contributed by atoms with Gasteiger partial charge in [0.2, 0.25) is 5.91 Å². The van der Waals surface area contributed by atoms with Crippen molar-refractivity contribution in [3.63, 3.8) is 0 Å². The van der Waals surface area contributed by atoms with Crippen LogP contribution in [-0.2, 0) is 36.1 Å². The fourth-order valence-corrected chi connectivity index (χ4v) is 9.50. The first kappa shape index (κ1) is 35.5. The van der Waals surface area contributed by atoms with Gasteiger partial charge in [-0.05, 0) is 49.3 Å². The number of carboxylic acid groups (broad SMARTS) is 1. The van der Waals surface area contributed by atoms with Crippen LogP contribution in [0.25, 0.3) is 22.4 Å². The molecule has 53 heavy (non-hydrogen) atoms. The maximum absolute atomic E-state index is 13.7. The Balaban J connectivity index is 0.959. The number of halogens is 2. The summed E-state index contributed by atoms with van der Waals surface area (Å²) in [6.45, 7) is 3.58. The van der Waals surface area contributed by atoms with Crippen LogP contribution in [0.5, 0.6) is 5.75 Å². The summed E-state index contributed by atoms with van der Waals surface area (Å²) >= 11 is 14.0. The van der Waals surface area contributed by atoms with Gasteiger partial charge in [-0.3, -0.25) is 24.3 Å². The Bertz CT molecular complexity index is 2130. The molecule has 2 aromatic carbocycles. The summed E-state index contributed by atoms with van der Waals surface area (Å²) in [6, 6.07) is 13.2. The van der Waals surface area contributed by atoms with Gasteiger partial charge in [0.05, 0.1) is 39.6 Å². The normalized spacial score (nSPS) is 23.1. The van der Waals surface area contributed by atoms with Crippen LogP contribution in [0.4, 0.5) is 5.69 Å². The summed E-state index contributed by atoms with van der Waals surface area (Å²) in [5, 5.41) is 19.6. The summed E-state index contributed by atoms with van der Waals surface area (Å²) in [7, 11) is 3.48. The van der Waals surface area contributed by atoms with Crippen molar-refractivity contribution in [3.8, 4) is 28.1 Å².